The zero-order valence-corrected chi connectivity index (χ0v) is 25.2. The van der Waals surface area contributed by atoms with E-state index in [-0.39, 0.29) is 39.7 Å². The second-order valence-corrected chi connectivity index (χ2v) is 14.8. The van der Waals surface area contributed by atoms with Gasteiger partial charge >= 0.3 is 11.9 Å². The number of aliphatic hydroxyl groups excluding tert-OH is 1. The van der Waals surface area contributed by atoms with Crippen LogP contribution in [0.2, 0.25) is 0 Å². The van der Waals surface area contributed by atoms with Gasteiger partial charge in [-0.25, -0.2) is 0 Å². The second-order valence-electron chi connectivity index (χ2n) is 14.8. The predicted molar refractivity (Wildman–Crippen MR) is 150 cm³/mol. The van der Waals surface area contributed by atoms with Crippen LogP contribution in [0.15, 0.2) is 23.3 Å². The number of fused-ring (bicyclic) bond motifs is 4. The van der Waals surface area contributed by atoms with Crippen molar-refractivity contribution in [1.29, 1.82) is 0 Å². The number of carbonyl (C=O) groups is 2. The van der Waals surface area contributed by atoms with Crippen LogP contribution in [0.25, 0.3) is 0 Å². The summed E-state index contributed by atoms with van der Waals surface area (Å²) >= 11 is 0. The minimum Gasteiger partial charge on any atom is -0.481 e. The topological polar surface area (TPSA) is 83.8 Å². The lowest BCUT2D eigenvalue weighted by Crippen LogP contribution is -2.56. The summed E-state index contributed by atoms with van der Waals surface area (Å²) in [7, 11) is 0. The van der Waals surface area contributed by atoms with Crippen LogP contribution in [-0.2, 0) is 14.3 Å². The highest BCUT2D eigenvalue weighted by Crippen LogP contribution is 2.72. The fraction of sp³-hybridized carbons (Fsp3) is 0.818. The van der Waals surface area contributed by atoms with Crippen molar-refractivity contribution in [3.63, 3.8) is 0 Å². The van der Waals surface area contributed by atoms with Gasteiger partial charge in [0.25, 0.3) is 0 Å². The Hall–Kier alpha value is -1.62. The van der Waals surface area contributed by atoms with E-state index in [4.69, 9.17) is 4.74 Å². The molecule has 0 saturated heterocycles. The van der Waals surface area contributed by atoms with Gasteiger partial charge in [0.2, 0.25) is 0 Å². The van der Waals surface area contributed by atoms with Gasteiger partial charge in [-0.15, -0.1) is 0 Å². The third-order valence-corrected chi connectivity index (χ3v) is 12.4. The van der Waals surface area contributed by atoms with Gasteiger partial charge in [0.05, 0.1) is 12.0 Å². The number of allylic oxidation sites excluding steroid dienone is 3. The minimum absolute atomic E-state index is 0.0440. The number of carboxylic acids is 1. The Balaban J connectivity index is 1.69. The molecule has 4 rings (SSSR count). The average molecular weight is 529 g/mol. The molecule has 0 bridgehead atoms. The Kier molecular flexibility index (Phi) is 7.56. The number of rotatable bonds is 7. The van der Waals surface area contributed by atoms with Crippen molar-refractivity contribution in [1.82, 2.24) is 0 Å². The highest BCUT2D eigenvalue weighted by molar-refractivity contribution is 5.71. The van der Waals surface area contributed by atoms with Crippen LogP contribution < -0.4 is 0 Å². The molecule has 3 unspecified atom stereocenters. The first-order chi connectivity index (χ1) is 17.5. The Morgan fingerprint density at radius 2 is 1.71 bits per heavy atom. The standard InChI is InChI=1S/C33H52O5/c1-19(2)20(3)10-11-22(29(36)37)28-25(35)18-33(9)24-12-13-26-30(5,6)27(38-21(4)34)15-16-31(26,7)23(24)14-17-32(28,33)8/h19,22,25-28,35H,3,10-18H2,1-2,4-9H3,(H,36,37)/t22?,25-,26?,27?,28+,31-,32-,33+/m1/s1. The van der Waals surface area contributed by atoms with E-state index in [2.05, 4.69) is 55.0 Å². The lowest BCUT2D eigenvalue weighted by Gasteiger charge is -2.62. The number of hydrogen-bond donors (Lipinski definition) is 2. The molecule has 214 valence electrons. The molecule has 8 atom stereocenters. The fourth-order valence-corrected chi connectivity index (χ4v) is 9.98. The predicted octanol–water partition coefficient (Wildman–Crippen LogP) is 7.33. The molecule has 5 nitrogen and oxygen atoms in total. The number of aliphatic carboxylic acids is 1. The van der Waals surface area contributed by atoms with Crippen molar-refractivity contribution in [2.45, 2.75) is 125 Å². The number of carboxylic acid groups (broad SMARTS) is 1. The Morgan fingerprint density at radius 3 is 2.29 bits per heavy atom. The molecule has 4 aliphatic rings. The summed E-state index contributed by atoms with van der Waals surface area (Å²) in [5.74, 6) is -1.05. The van der Waals surface area contributed by atoms with E-state index in [1.165, 1.54) is 12.5 Å². The van der Waals surface area contributed by atoms with Gasteiger partial charge in [0.15, 0.2) is 0 Å². The third-order valence-electron chi connectivity index (χ3n) is 12.4. The van der Waals surface area contributed by atoms with Crippen LogP contribution in [0, 0.1) is 45.3 Å². The Labute approximate surface area is 230 Å². The van der Waals surface area contributed by atoms with Crippen LogP contribution in [0.4, 0.5) is 0 Å². The summed E-state index contributed by atoms with van der Waals surface area (Å²) in [6.07, 6.45) is 6.98. The van der Waals surface area contributed by atoms with Crippen molar-refractivity contribution in [2.24, 2.45) is 45.3 Å². The zero-order valence-electron chi connectivity index (χ0n) is 25.2. The molecular weight excluding hydrogens is 476 g/mol. The molecule has 0 spiro atoms. The molecule has 0 aliphatic heterocycles. The van der Waals surface area contributed by atoms with Crippen molar-refractivity contribution < 1.29 is 24.5 Å². The Bertz CT molecular complexity index is 1020. The molecule has 0 aromatic rings. The molecule has 5 heteroatoms. The molecule has 0 radical (unpaired) electrons. The summed E-state index contributed by atoms with van der Waals surface area (Å²) in [6.45, 7) is 21.5. The van der Waals surface area contributed by atoms with E-state index in [9.17, 15) is 19.8 Å². The molecule has 0 amide bonds. The maximum Gasteiger partial charge on any atom is 0.306 e. The molecule has 0 heterocycles. The lowest BCUT2D eigenvalue weighted by molar-refractivity contribution is -0.167. The van der Waals surface area contributed by atoms with E-state index in [0.29, 0.717) is 31.1 Å². The maximum atomic E-state index is 12.6. The quantitative estimate of drug-likeness (QED) is 0.267. The maximum absolute atomic E-state index is 12.6. The number of ether oxygens (including phenoxy) is 1. The van der Waals surface area contributed by atoms with Crippen molar-refractivity contribution in [3.05, 3.63) is 23.3 Å². The van der Waals surface area contributed by atoms with Crippen LogP contribution >= 0.6 is 0 Å². The minimum atomic E-state index is -0.780. The van der Waals surface area contributed by atoms with Crippen LogP contribution in [0.3, 0.4) is 0 Å². The summed E-state index contributed by atoms with van der Waals surface area (Å²) in [5.41, 5.74) is 3.62. The van der Waals surface area contributed by atoms with E-state index in [1.807, 2.05) is 0 Å². The van der Waals surface area contributed by atoms with E-state index >= 15 is 0 Å². The lowest BCUT2D eigenvalue weighted by atomic mass is 9.43. The second kappa shape index (κ2) is 9.78. The number of hydrogen-bond acceptors (Lipinski definition) is 4. The number of esters is 1. The van der Waals surface area contributed by atoms with E-state index in [1.54, 1.807) is 5.57 Å². The summed E-state index contributed by atoms with van der Waals surface area (Å²) in [6, 6.07) is 0. The van der Waals surface area contributed by atoms with E-state index in [0.717, 1.165) is 44.1 Å². The van der Waals surface area contributed by atoms with Gasteiger partial charge in [-0.3, -0.25) is 9.59 Å². The van der Waals surface area contributed by atoms with Crippen LogP contribution in [0.5, 0.6) is 0 Å². The Morgan fingerprint density at radius 1 is 1.05 bits per heavy atom. The van der Waals surface area contributed by atoms with Gasteiger partial charge in [0, 0.05) is 18.3 Å². The molecule has 0 aromatic heterocycles. The first kappa shape index (κ1) is 29.4. The smallest absolute Gasteiger partial charge is 0.306 e. The highest BCUT2D eigenvalue weighted by atomic mass is 16.5. The zero-order chi connectivity index (χ0) is 28.4. The summed E-state index contributed by atoms with van der Waals surface area (Å²) in [5, 5.41) is 22.0. The molecular formula is C33H52O5. The van der Waals surface area contributed by atoms with Crippen molar-refractivity contribution in [2.75, 3.05) is 0 Å². The highest BCUT2D eigenvalue weighted by Gasteiger charge is 2.66. The molecule has 2 saturated carbocycles. The molecule has 2 N–H and O–H groups in total. The van der Waals surface area contributed by atoms with Gasteiger partial charge in [0.1, 0.15) is 6.10 Å². The summed E-state index contributed by atoms with van der Waals surface area (Å²) in [4.78, 5) is 24.5. The molecule has 38 heavy (non-hydrogen) atoms. The summed E-state index contributed by atoms with van der Waals surface area (Å²) < 4.78 is 5.82. The number of carbonyl (C=O) groups excluding carboxylic acids is 1. The van der Waals surface area contributed by atoms with Gasteiger partial charge in [-0.2, -0.15) is 0 Å². The van der Waals surface area contributed by atoms with E-state index < -0.39 is 18.0 Å². The van der Waals surface area contributed by atoms with Gasteiger partial charge in [-0.05, 0) is 85.9 Å². The largest absolute Gasteiger partial charge is 0.481 e. The molecule has 2 fully saturated rings. The SMILES string of the molecule is C=C(CCC(C(=O)O)[C@H]1[C@H](O)C[C@@]2(C)C3=C(CC[C@]12C)[C@@]1(C)CCC(OC(C)=O)C(C)(C)C1CC3)C(C)C. The first-order valence-electron chi connectivity index (χ1n) is 15.0. The van der Waals surface area contributed by atoms with Gasteiger partial charge in [-0.1, -0.05) is 71.8 Å². The van der Waals surface area contributed by atoms with Crippen LogP contribution in [-0.4, -0.2) is 34.4 Å². The van der Waals surface area contributed by atoms with Crippen molar-refractivity contribution in [3.8, 4) is 0 Å². The third kappa shape index (κ3) is 4.30. The molecule has 0 aromatic carbocycles. The normalized spacial score (nSPS) is 40.7. The fourth-order valence-electron chi connectivity index (χ4n) is 9.98. The van der Waals surface area contributed by atoms with Gasteiger partial charge < -0.3 is 14.9 Å². The van der Waals surface area contributed by atoms with Crippen LogP contribution in [0.1, 0.15) is 113 Å². The van der Waals surface area contributed by atoms with Crippen molar-refractivity contribution >= 4 is 11.9 Å². The molecule has 4 aliphatic carbocycles. The monoisotopic (exact) mass is 528 g/mol. The first-order valence-corrected chi connectivity index (χ1v) is 15.0. The number of aliphatic hydroxyl groups is 1. The average Bonchev–Trinajstić information content (AvgIpc) is 3.01.